The van der Waals surface area contributed by atoms with E-state index in [0.717, 1.165) is 38.5 Å². The first kappa shape index (κ1) is 21.2. The van der Waals surface area contributed by atoms with Gasteiger partial charge in [-0.1, -0.05) is 67.7 Å². The summed E-state index contributed by atoms with van der Waals surface area (Å²) < 4.78 is 5.65. The number of hydrogen-bond acceptors (Lipinski definition) is 2. The SMILES string of the molecule is CC/C=C\C/C=C\C/C=C\C[C@H]1O[C@H]1C/C=C\C/C=C\CCC(=O)O. The summed E-state index contributed by atoms with van der Waals surface area (Å²) in [6, 6.07) is 0. The van der Waals surface area contributed by atoms with Crippen molar-refractivity contribution in [2.45, 2.75) is 70.5 Å². The highest BCUT2D eigenvalue weighted by Crippen LogP contribution is 2.29. The lowest BCUT2D eigenvalue weighted by molar-refractivity contribution is -0.136. The maximum absolute atomic E-state index is 10.4. The average molecular weight is 344 g/mol. The second kappa shape index (κ2) is 14.5. The molecule has 138 valence electrons. The molecule has 0 spiro atoms. The Morgan fingerprint density at radius 2 is 1.28 bits per heavy atom. The van der Waals surface area contributed by atoms with Gasteiger partial charge in [-0.25, -0.2) is 0 Å². The van der Waals surface area contributed by atoms with E-state index in [1.54, 1.807) is 0 Å². The summed E-state index contributed by atoms with van der Waals surface area (Å²) in [4.78, 5) is 10.4. The molecule has 0 radical (unpaired) electrons. The van der Waals surface area contributed by atoms with Crippen LogP contribution in [-0.2, 0) is 9.53 Å². The molecule has 1 heterocycles. The zero-order valence-corrected chi connectivity index (χ0v) is 15.3. The van der Waals surface area contributed by atoms with Crippen molar-refractivity contribution in [1.82, 2.24) is 0 Å². The fourth-order valence-electron chi connectivity index (χ4n) is 2.36. The first-order valence-corrected chi connectivity index (χ1v) is 9.36. The van der Waals surface area contributed by atoms with E-state index in [0.29, 0.717) is 18.6 Å². The highest BCUT2D eigenvalue weighted by atomic mass is 16.6. The van der Waals surface area contributed by atoms with Crippen molar-refractivity contribution < 1.29 is 14.6 Å². The molecule has 1 saturated heterocycles. The summed E-state index contributed by atoms with van der Waals surface area (Å²) in [5.74, 6) is -0.744. The van der Waals surface area contributed by atoms with Crippen LogP contribution in [0.3, 0.4) is 0 Å². The van der Waals surface area contributed by atoms with E-state index in [2.05, 4.69) is 55.5 Å². The van der Waals surface area contributed by atoms with Gasteiger partial charge in [0.2, 0.25) is 0 Å². The van der Waals surface area contributed by atoms with Crippen molar-refractivity contribution in [3.05, 3.63) is 60.8 Å². The monoisotopic (exact) mass is 344 g/mol. The second-order valence-corrected chi connectivity index (χ2v) is 6.09. The molecular weight excluding hydrogens is 312 g/mol. The van der Waals surface area contributed by atoms with E-state index >= 15 is 0 Å². The molecule has 0 aromatic heterocycles. The van der Waals surface area contributed by atoms with E-state index < -0.39 is 5.97 Å². The Balaban J connectivity index is 1.97. The quantitative estimate of drug-likeness (QED) is 0.322. The Kier molecular flexibility index (Phi) is 12.3. The number of carbonyl (C=O) groups is 1. The molecule has 1 aliphatic rings. The molecule has 0 amide bonds. The van der Waals surface area contributed by atoms with Gasteiger partial charge in [-0.05, 0) is 44.9 Å². The molecular formula is C22H32O3. The smallest absolute Gasteiger partial charge is 0.303 e. The number of carboxylic acid groups (broad SMARTS) is 1. The van der Waals surface area contributed by atoms with Crippen molar-refractivity contribution in [2.75, 3.05) is 0 Å². The van der Waals surface area contributed by atoms with Gasteiger partial charge in [0.1, 0.15) is 0 Å². The summed E-state index contributed by atoms with van der Waals surface area (Å²) >= 11 is 0. The van der Waals surface area contributed by atoms with Crippen molar-refractivity contribution in [3.8, 4) is 0 Å². The van der Waals surface area contributed by atoms with Gasteiger partial charge >= 0.3 is 5.97 Å². The van der Waals surface area contributed by atoms with Crippen LogP contribution in [0, 0.1) is 0 Å². The summed E-state index contributed by atoms with van der Waals surface area (Å²) in [7, 11) is 0. The Hall–Kier alpha value is -1.87. The van der Waals surface area contributed by atoms with Gasteiger partial charge in [-0.2, -0.15) is 0 Å². The van der Waals surface area contributed by atoms with Crippen molar-refractivity contribution in [3.63, 3.8) is 0 Å². The lowest BCUT2D eigenvalue weighted by Gasteiger charge is -1.88. The third-order valence-corrected chi connectivity index (χ3v) is 3.83. The molecule has 0 aromatic carbocycles. The Morgan fingerprint density at radius 3 is 1.80 bits per heavy atom. The minimum absolute atomic E-state index is 0.205. The van der Waals surface area contributed by atoms with Crippen LogP contribution >= 0.6 is 0 Å². The van der Waals surface area contributed by atoms with E-state index in [1.807, 2.05) is 12.2 Å². The number of epoxide rings is 1. The zero-order valence-electron chi connectivity index (χ0n) is 15.3. The third-order valence-electron chi connectivity index (χ3n) is 3.83. The topological polar surface area (TPSA) is 49.8 Å². The summed E-state index contributed by atoms with van der Waals surface area (Å²) in [6.45, 7) is 2.15. The van der Waals surface area contributed by atoms with E-state index in [4.69, 9.17) is 9.84 Å². The molecule has 25 heavy (non-hydrogen) atoms. The van der Waals surface area contributed by atoms with Crippen LogP contribution in [0.5, 0.6) is 0 Å². The summed E-state index contributed by atoms with van der Waals surface area (Å²) in [5, 5.41) is 8.52. The number of ether oxygens (including phenoxy) is 1. The summed E-state index contributed by atoms with van der Waals surface area (Å²) in [5.41, 5.74) is 0. The fraction of sp³-hybridized carbons (Fsp3) is 0.500. The van der Waals surface area contributed by atoms with Crippen molar-refractivity contribution >= 4 is 5.97 Å². The van der Waals surface area contributed by atoms with Crippen LogP contribution in [0.15, 0.2) is 60.8 Å². The lowest BCUT2D eigenvalue weighted by atomic mass is 10.1. The van der Waals surface area contributed by atoms with Gasteiger partial charge < -0.3 is 9.84 Å². The number of rotatable bonds is 14. The predicted molar refractivity (Wildman–Crippen MR) is 105 cm³/mol. The van der Waals surface area contributed by atoms with Gasteiger partial charge in [0, 0.05) is 6.42 Å². The first-order chi connectivity index (χ1) is 12.2. The molecule has 1 N–H and O–H groups in total. The van der Waals surface area contributed by atoms with Gasteiger partial charge in [-0.3, -0.25) is 4.79 Å². The number of carboxylic acids is 1. The lowest BCUT2D eigenvalue weighted by Crippen LogP contribution is -1.91. The average Bonchev–Trinajstić information content (AvgIpc) is 3.34. The molecule has 3 heteroatoms. The van der Waals surface area contributed by atoms with E-state index in [-0.39, 0.29) is 6.42 Å². The van der Waals surface area contributed by atoms with Crippen LogP contribution in [-0.4, -0.2) is 23.3 Å². The van der Waals surface area contributed by atoms with Crippen LogP contribution in [0.4, 0.5) is 0 Å². The molecule has 1 fully saturated rings. The fourth-order valence-corrected chi connectivity index (χ4v) is 2.36. The standard InChI is InChI=1S/C22H32O3/c1-2-3-4-5-6-7-8-11-14-17-20-21(25-20)18-15-12-9-10-13-16-19-22(23)24/h3-4,6-7,10-15,20-21H,2,5,8-9,16-19H2,1H3,(H,23,24)/b4-3-,7-6-,13-10-,14-11-,15-12-/t20-,21+/m1/s1. The minimum atomic E-state index is -0.744. The highest BCUT2D eigenvalue weighted by Gasteiger charge is 2.35. The molecule has 1 rings (SSSR count). The highest BCUT2D eigenvalue weighted by molar-refractivity contribution is 5.66. The largest absolute Gasteiger partial charge is 0.481 e. The van der Waals surface area contributed by atoms with Crippen LogP contribution in [0.25, 0.3) is 0 Å². The predicted octanol–water partition coefficient (Wildman–Crippen LogP) is 5.76. The number of hydrogen-bond donors (Lipinski definition) is 1. The molecule has 0 aliphatic carbocycles. The van der Waals surface area contributed by atoms with Gasteiger partial charge in [0.05, 0.1) is 12.2 Å². The number of aliphatic carboxylic acids is 1. The van der Waals surface area contributed by atoms with E-state index in [9.17, 15) is 4.79 Å². The van der Waals surface area contributed by atoms with Crippen LogP contribution in [0.1, 0.15) is 58.3 Å². The molecule has 0 aromatic rings. The van der Waals surface area contributed by atoms with Gasteiger partial charge in [0.15, 0.2) is 0 Å². The number of allylic oxidation sites excluding steroid dienone is 8. The van der Waals surface area contributed by atoms with Gasteiger partial charge in [0.25, 0.3) is 0 Å². The van der Waals surface area contributed by atoms with Crippen molar-refractivity contribution in [1.29, 1.82) is 0 Å². The maximum Gasteiger partial charge on any atom is 0.303 e. The maximum atomic E-state index is 10.4. The third kappa shape index (κ3) is 13.1. The van der Waals surface area contributed by atoms with Gasteiger partial charge in [-0.15, -0.1) is 0 Å². The Morgan fingerprint density at radius 1 is 0.800 bits per heavy atom. The zero-order chi connectivity index (χ0) is 18.2. The minimum Gasteiger partial charge on any atom is -0.481 e. The van der Waals surface area contributed by atoms with Crippen LogP contribution < -0.4 is 0 Å². The van der Waals surface area contributed by atoms with E-state index in [1.165, 1.54) is 0 Å². The second-order valence-electron chi connectivity index (χ2n) is 6.09. The Bertz CT molecular complexity index is 497. The molecule has 0 unspecified atom stereocenters. The van der Waals surface area contributed by atoms with Crippen LogP contribution in [0.2, 0.25) is 0 Å². The molecule has 3 nitrogen and oxygen atoms in total. The Labute approximate surface area is 152 Å². The first-order valence-electron chi connectivity index (χ1n) is 9.36. The van der Waals surface area contributed by atoms with Crippen molar-refractivity contribution in [2.24, 2.45) is 0 Å². The summed E-state index contributed by atoms with van der Waals surface area (Å²) in [6.07, 6.45) is 28.9. The molecule has 1 aliphatic heterocycles. The molecule has 0 bridgehead atoms. The normalized spacial score (nSPS) is 20.8. The molecule has 0 saturated carbocycles. The molecule has 2 atom stereocenters.